The third kappa shape index (κ3) is 3.29. The van der Waals surface area contributed by atoms with Crippen molar-refractivity contribution >= 4 is 33.3 Å². The highest BCUT2D eigenvalue weighted by molar-refractivity contribution is 6.05. The van der Waals surface area contributed by atoms with Crippen molar-refractivity contribution in [2.75, 3.05) is 5.32 Å². The second-order valence-corrected chi connectivity index (χ2v) is 7.54. The summed E-state index contributed by atoms with van der Waals surface area (Å²) in [6, 6.07) is 17.7. The molecule has 1 aromatic heterocycles. The second-order valence-electron chi connectivity index (χ2n) is 7.54. The molecule has 0 saturated heterocycles. The number of aryl methyl sites for hydroxylation is 3. The minimum absolute atomic E-state index is 0.0214. The molecule has 144 valence electrons. The number of hydrogen-bond donors (Lipinski definition) is 2. The maximum atomic E-state index is 12.5. The van der Waals surface area contributed by atoms with Gasteiger partial charge in [0.25, 0.3) is 5.56 Å². The zero-order chi connectivity index (χ0) is 19.8. The number of rotatable bonds is 5. The van der Waals surface area contributed by atoms with E-state index in [-0.39, 0.29) is 11.5 Å². The van der Waals surface area contributed by atoms with Crippen molar-refractivity contribution in [2.45, 2.75) is 32.1 Å². The van der Waals surface area contributed by atoms with Crippen molar-refractivity contribution in [3.63, 3.8) is 0 Å². The Hall–Kier alpha value is -3.47. The first-order valence-corrected chi connectivity index (χ1v) is 10.0. The molecule has 0 aliphatic heterocycles. The highest BCUT2D eigenvalue weighted by Gasteiger charge is 2.16. The van der Waals surface area contributed by atoms with Gasteiger partial charge in [-0.05, 0) is 54.0 Å². The van der Waals surface area contributed by atoms with Gasteiger partial charge >= 0.3 is 0 Å². The number of nitrogens with zero attached hydrogens (tertiary/aromatic N) is 1. The number of para-hydroxylation sites is 1. The van der Waals surface area contributed by atoms with Gasteiger partial charge in [-0.1, -0.05) is 36.4 Å². The molecule has 5 nitrogen and oxygen atoms in total. The number of aromatic amines is 1. The van der Waals surface area contributed by atoms with Gasteiger partial charge in [-0.15, -0.1) is 0 Å². The van der Waals surface area contributed by atoms with Gasteiger partial charge in [-0.25, -0.2) is 4.98 Å². The molecule has 1 heterocycles. The lowest BCUT2D eigenvalue weighted by atomic mass is 10.0. The summed E-state index contributed by atoms with van der Waals surface area (Å²) >= 11 is 0. The van der Waals surface area contributed by atoms with Crippen molar-refractivity contribution in [1.82, 2.24) is 9.97 Å². The predicted molar refractivity (Wildman–Crippen MR) is 115 cm³/mol. The maximum Gasteiger partial charge on any atom is 0.258 e. The van der Waals surface area contributed by atoms with E-state index in [0.29, 0.717) is 36.0 Å². The minimum atomic E-state index is -0.136. The standard InChI is InChI=1S/C24H21N3O2/c28-22(10-4-9-21-25-19-8-2-1-6-18(19)24(29)27-21)26-20-14-13-16-12-11-15-5-3-7-17(20)23(15)16/h1-3,5-8,13-14H,4,9-12H2,(H,26,28)(H,25,27,29). The lowest BCUT2D eigenvalue weighted by Crippen LogP contribution is -2.14. The summed E-state index contributed by atoms with van der Waals surface area (Å²) in [5.74, 6) is 0.596. The van der Waals surface area contributed by atoms with Crippen molar-refractivity contribution in [1.29, 1.82) is 0 Å². The summed E-state index contributed by atoms with van der Waals surface area (Å²) in [7, 11) is 0. The molecule has 5 rings (SSSR count). The van der Waals surface area contributed by atoms with Crippen LogP contribution < -0.4 is 10.9 Å². The van der Waals surface area contributed by atoms with Crippen molar-refractivity contribution in [2.24, 2.45) is 0 Å². The van der Waals surface area contributed by atoms with Gasteiger partial charge in [0, 0.05) is 23.9 Å². The van der Waals surface area contributed by atoms with Crippen LogP contribution in [-0.2, 0) is 24.1 Å². The van der Waals surface area contributed by atoms with Gasteiger partial charge in [-0.3, -0.25) is 9.59 Å². The van der Waals surface area contributed by atoms with Gasteiger partial charge in [0.1, 0.15) is 5.82 Å². The van der Waals surface area contributed by atoms with Crippen LogP contribution in [0.5, 0.6) is 0 Å². The average molecular weight is 383 g/mol. The fraction of sp³-hybridized carbons (Fsp3) is 0.208. The van der Waals surface area contributed by atoms with Gasteiger partial charge in [0.15, 0.2) is 0 Å². The highest BCUT2D eigenvalue weighted by atomic mass is 16.1. The first-order valence-electron chi connectivity index (χ1n) is 10.0. The van der Waals surface area contributed by atoms with Gasteiger partial charge in [-0.2, -0.15) is 0 Å². The Morgan fingerprint density at radius 1 is 0.966 bits per heavy atom. The van der Waals surface area contributed by atoms with Gasteiger partial charge in [0.05, 0.1) is 10.9 Å². The van der Waals surface area contributed by atoms with Crippen LogP contribution in [0.4, 0.5) is 5.69 Å². The Bertz CT molecular complexity index is 1300. The van der Waals surface area contributed by atoms with E-state index in [0.717, 1.165) is 23.9 Å². The number of H-pyrrole nitrogens is 1. The number of carbonyl (C=O) groups is 1. The molecule has 5 heteroatoms. The van der Waals surface area contributed by atoms with E-state index in [4.69, 9.17) is 0 Å². The molecule has 0 saturated carbocycles. The summed E-state index contributed by atoms with van der Waals surface area (Å²) in [5, 5.41) is 6.06. The zero-order valence-electron chi connectivity index (χ0n) is 16.0. The van der Waals surface area contributed by atoms with Crippen molar-refractivity contribution in [3.8, 4) is 0 Å². The smallest absolute Gasteiger partial charge is 0.258 e. The molecular weight excluding hydrogens is 362 g/mol. The molecule has 0 spiro atoms. The van der Waals surface area contributed by atoms with Crippen LogP contribution in [-0.4, -0.2) is 15.9 Å². The summed E-state index contributed by atoms with van der Waals surface area (Å²) in [4.78, 5) is 32.0. The molecule has 0 atom stereocenters. The number of anilines is 1. The van der Waals surface area contributed by atoms with Crippen LogP contribution in [0.2, 0.25) is 0 Å². The Balaban J connectivity index is 1.27. The van der Waals surface area contributed by atoms with Gasteiger partial charge < -0.3 is 10.3 Å². The van der Waals surface area contributed by atoms with Crippen LogP contribution in [0, 0.1) is 0 Å². The summed E-state index contributed by atoms with van der Waals surface area (Å²) in [5.41, 5.74) is 4.14. The van der Waals surface area contributed by atoms with E-state index in [1.807, 2.05) is 24.3 Å². The van der Waals surface area contributed by atoms with Crippen LogP contribution in [0.15, 0.2) is 59.4 Å². The Labute approximate surface area is 167 Å². The fourth-order valence-corrected chi connectivity index (χ4v) is 4.24. The topological polar surface area (TPSA) is 74.8 Å². The zero-order valence-corrected chi connectivity index (χ0v) is 16.0. The molecule has 0 bridgehead atoms. The first kappa shape index (κ1) is 17.6. The molecule has 4 aromatic rings. The quantitative estimate of drug-likeness (QED) is 0.544. The molecule has 2 N–H and O–H groups in total. The lowest BCUT2D eigenvalue weighted by molar-refractivity contribution is -0.116. The van der Waals surface area contributed by atoms with E-state index in [1.54, 1.807) is 6.07 Å². The average Bonchev–Trinajstić information content (AvgIpc) is 3.15. The first-order chi connectivity index (χ1) is 14.2. The number of fused-ring (bicyclic) bond motifs is 1. The van der Waals surface area contributed by atoms with Crippen LogP contribution in [0.3, 0.4) is 0 Å². The summed E-state index contributed by atoms with van der Waals surface area (Å²) < 4.78 is 0. The number of carbonyl (C=O) groups excluding carboxylic acids is 1. The SMILES string of the molecule is O=C(CCCc1nc2ccccc2c(=O)[nH]1)Nc1ccc2c3c(cccc13)CC2. The van der Waals surface area contributed by atoms with Gasteiger partial charge in [0.2, 0.25) is 5.91 Å². The van der Waals surface area contributed by atoms with Crippen LogP contribution in [0.1, 0.15) is 29.8 Å². The fourth-order valence-electron chi connectivity index (χ4n) is 4.24. The molecule has 29 heavy (non-hydrogen) atoms. The molecule has 1 amide bonds. The molecule has 0 fully saturated rings. The monoisotopic (exact) mass is 383 g/mol. The van der Waals surface area contributed by atoms with E-state index in [1.165, 1.54) is 16.5 Å². The Kier molecular flexibility index (Phi) is 4.35. The number of hydrogen-bond acceptors (Lipinski definition) is 3. The minimum Gasteiger partial charge on any atom is -0.326 e. The summed E-state index contributed by atoms with van der Waals surface area (Å²) in [6.07, 6.45) is 3.69. The largest absolute Gasteiger partial charge is 0.326 e. The maximum absolute atomic E-state index is 12.5. The number of aromatic nitrogens is 2. The van der Waals surface area contributed by atoms with E-state index in [2.05, 4.69) is 39.6 Å². The normalized spacial score (nSPS) is 12.6. The number of nitrogens with one attached hydrogen (secondary N) is 2. The molecule has 0 radical (unpaired) electrons. The predicted octanol–water partition coefficient (Wildman–Crippen LogP) is 4.14. The van der Waals surface area contributed by atoms with E-state index < -0.39 is 0 Å². The molecule has 1 aliphatic carbocycles. The second kappa shape index (κ2) is 7.17. The molecule has 0 unspecified atom stereocenters. The van der Waals surface area contributed by atoms with Crippen molar-refractivity contribution < 1.29 is 4.79 Å². The number of amides is 1. The van der Waals surface area contributed by atoms with Crippen molar-refractivity contribution in [3.05, 3.63) is 81.9 Å². The summed E-state index contributed by atoms with van der Waals surface area (Å²) in [6.45, 7) is 0. The van der Waals surface area contributed by atoms with Crippen LogP contribution in [0.25, 0.3) is 21.7 Å². The third-order valence-electron chi connectivity index (χ3n) is 5.63. The van der Waals surface area contributed by atoms with Crippen LogP contribution >= 0.6 is 0 Å². The molecular formula is C24H21N3O2. The Morgan fingerprint density at radius 2 is 1.76 bits per heavy atom. The third-order valence-corrected chi connectivity index (χ3v) is 5.63. The lowest BCUT2D eigenvalue weighted by Gasteiger charge is -2.10. The Morgan fingerprint density at radius 3 is 2.66 bits per heavy atom. The van der Waals surface area contributed by atoms with E-state index >= 15 is 0 Å². The molecule has 3 aromatic carbocycles. The number of benzene rings is 3. The molecule has 1 aliphatic rings. The van der Waals surface area contributed by atoms with E-state index in [9.17, 15) is 9.59 Å². The highest BCUT2D eigenvalue weighted by Crippen LogP contribution is 2.35.